The van der Waals surface area contributed by atoms with Crippen LogP contribution >= 0.6 is 0 Å². The van der Waals surface area contributed by atoms with Crippen LogP contribution in [0.1, 0.15) is 103 Å². The molecule has 0 radical (unpaired) electrons. The van der Waals surface area contributed by atoms with E-state index in [2.05, 4.69) is 196 Å². The molecule has 13 rings (SSSR count). The normalized spacial score (nSPS) is 14.4. The van der Waals surface area contributed by atoms with E-state index < -0.39 is 0 Å². The number of hydrogen-bond donors (Lipinski definition) is 0. The summed E-state index contributed by atoms with van der Waals surface area (Å²) in [6.45, 7) is 21.5. The summed E-state index contributed by atoms with van der Waals surface area (Å²) < 4.78 is 0. The fourth-order valence-corrected chi connectivity index (χ4v) is 12.5. The molecule has 378 valence electrons. The molecule has 2 heterocycles. The van der Waals surface area contributed by atoms with E-state index in [0.717, 1.165) is 34.4 Å². The summed E-state index contributed by atoms with van der Waals surface area (Å²) in [7, 11) is 0. The zero-order valence-electron chi connectivity index (χ0n) is 45.1. The number of rotatable bonds is 10. The van der Waals surface area contributed by atoms with Gasteiger partial charge < -0.3 is 0 Å². The first-order valence-electron chi connectivity index (χ1n) is 26.9. The quantitative estimate of drug-likeness (QED) is 0.101. The number of aromatic nitrogens is 2. The van der Waals surface area contributed by atoms with Crippen molar-refractivity contribution in [3.8, 4) is 39.4 Å². The maximum Gasteiger partial charge on any atom is 0.187 e. The van der Waals surface area contributed by atoms with E-state index in [1.54, 1.807) is 0 Å². The molecule has 0 atom stereocenters. The number of nitriles is 1. The number of nitrogens with zero attached hydrogens (tertiary/aromatic N) is 6. The van der Waals surface area contributed by atoms with Gasteiger partial charge in [-0.15, -0.1) is 0 Å². The van der Waals surface area contributed by atoms with Crippen molar-refractivity contribution in [2.45, 2.75) is 57.8 Å². The SMILES string of the molecule is [C-]#[N+]c1ccc(N(c2ccc3c(c2)C(C)(C)c2cc(C=Cc4ccc5c(c4)C(C)(C)c4cc(C=Cc6ccc7c(c6)C(C)(C)c6cc(N(c8ccc(C#N)cc8)c8ccccn8)ccc6-7)ccc4-5)ccc2-3)c2ccccn2)cc1. The average molecular weight is 1020 g/mol. The molecule has 0 fully saturated rings. The Bertz CT molecular complexity index is 3950. The van der Waals surface area contributed by atoms with Gasteiger partial charge in [-0.3, -0.25) is 9.80 Å². The summed E-state index contributed by atoms with van der Waals surface area (Å²) in [4.78, 5) is 17.4. The highest BCUT2D eigenvalue weighted by molar-refractivity contribution is 5.90. The summed E-state index contributed by atoms with van der Waals surface area (Å²) >= 11 is 0. The molecule has 2 aromatic heterocycles. The van der Waals surface area contributed by atoms with Crippen molar-refractivity contribution in [3.63, 3.8) is 0 Å². The van der Waals surface area contributed by atoms with Crippen LogP contribution in [0.2, 0.25) is 0 Å². The lowest BCUT2D eigenvalue weighted by Crippen LogP contribution is -2.17. The van der Waals surface area contributed by atoms with E-state index in [9.17, 15) is 5.26 Å². The lowest BCUT2D eigenvalue weighted by molar-refractivity contribution is 0.660. The van der Waals surface area contributed by atoms with E-state index in [1.165, 1.54) is 89.0 Å². The molecule has 79 heavy (non-hydrogen) atoms. The number of hydrogen-bond acceptors (Lipinski definition) is 5. The third kappa shape index (κ3) is 8.24. The second kappa shape index (κ2) is 18.7. The Morgan fingerprint density at radius 2 is 0.709 bits per heavy atom. The molecule has 0 saturated heterocycles. The molecule has 6 nitrogen and oxygen atoms in total. The van der Waals surface area contributed by atoms with Crippen molar-refractivity contribution in [2.75, 3.05) is 9.80 Å². The monoisotopic (exact) mass is 1020 g/mol. The fourth-order valence-electron chi connectivity index (χ4n) is 12.5. The predicted molar refractivity (Wildman–Crippen MR) is 326 cm³/mol. The molecule has 0 N–H and O–H groups in total. The van der Waals surface area contributed by atoms with Crippen LogP contribution in [-0.4, -0.2) is 9.97 Å². The van der Waals surface area contributed by atoms with Crippen LogP contribution < -0.4 is 9.80 Å². The topological polar surface area (TPSA) is 60.4 Å². The molecule has 0 bridgehead atoms. The van der Waals surface area contributed by atoms with Crippen molar-refractivity contribution < 1.29 is 0 Å². The largest absolute Gasteiger partial charge is 0.295 e. The summed E-state index contributed by atoms with van der Waals surface area (Å²) in [5, 5.41) is 9.50. The smallest absolute Gasteiger partial charge is 0.187 e. The molecule has 3 aliphatic rings. The van der Waals surface area contributed by atoms with Crippen LogP contribution in [-0.2, 0) is 16.2 Å². The molecule has 0 saturated carbocycles. The van der Waals surface area contributed by atoms with Crippen molar-refractivity contribution in [2.24, 2.45) is 0 Å². The molecule has 0 amide bonds. The van der Waals surface area contributed by atoms with Gasteiger partial charge in [0.15, 0.2) is 5.69 Å². The highest BCUT2D eigenvalue weighted by Crippen LogP contribution is 2.54. The lowest BCUT2D eigenvalue weighted by atomic mass is 9.81. The first-order valence-corrected chi connectivity index (χ1v) is 26.9. The molecule has 0 aliphatic heterocycles. The van der Waals surface area contributed by atoms with Gasteiger partial charge in [-0.05, 0) is 174 Å². The third-order valence-electron chi connectivity index (χ3n) is 16.8. The van der Waals surface area contributed by atoms with Crippen LogP contribution in [0.5, 0.6) is 0 Å². The predicted octanol–water partition coefficient (Wildman–Crippen LogP) is 19.1. The first-order chi connectivity index (χ1) is 38.3. The molecule has 3 aliphatic carbocycles. The second-order valence-electron chi connectivity index (χ2n) is 22.6. The first kappa shape index (κ1) is 48.7. The highest BCUT2D eigenvalue weighted by Gasteiger charge is 2.39. The zero-order chi connectivity index (χ0) is 54.2. The zero-order valence-corrected chi connectivity index (χ0v) is 45.1. The number of fused-ring (bicyclic) bond motifs is 9. The van der Waals surface area contributed by atoms with Crippen molar-refractivity contribution in [1.82, 2.24) is 9.97 Å². The van der Waals surface area contributed by atoms with Gasteiger partial charge in [-0.2, -0.15) is 5.26 Å². The van der Waals surface area contributed by atoms with Gasteiger partial charge >= 0.3 is 0 Å². The van der Waals surface area contributed by atoms with Crippen LogP contribution in [0.25, 0.3) is 62.5 Å². The van der Waals surface area contributed by atoms with E-state index in [0.29, 0.717) is 11.3 Å². The summed E-state index contributed by atoms with van der Waals surface area (Å²) in [6, 6.07) is 70.8. The fraction of sp³-hybridized carbons (Fsp3) is 0.123. The average Bonchev–Trinajstić information content (AvgIpc) is 4.21. The molecule has 0 unspecified atom stereocenters. The summed E-state index contributed by atoms with van der Waals surface area (Å²) in [6.07, 6.45) is 12.7. The minimum absolute atomic E-state index is 0.178. The molecule has 8 aromatic carbocycles. The molecular formula is C73H56N6. The summed E-state index contributed by atoms with van der Waals surface area (Å²) in [5.41, 5.74) is 24.7. The van der Waals surface area contributed by atoms with E-state index in [-0.39, 0.29) is 16.2 Å². The van der Waals surface area contributed by atoms with Gasteiger partial charge in [-0.1, -0.05) is 175 Å². The molecule has 0 spiro atoms. The number of pyridine rings is 2. The number of anilines is 6. The highest BCUT2D eigenvalue weighted by atomic mass is 15.2. The lowest BCUT2D eigenvalue weighted by Gasteiger charge is -2.27. The Morgan fingerprint density at radius 3 is 1.03 bits per heavy atom. The Hall–Kier alpha value is -9.88. The van der Waals surface area contributed by atoms with Crippen LogP contribution in [0.4, 0.5) is 40.1 Å². The van der Waals surface area contributed by atoms with Gasteiger partial charge in [0.2, 0.25) is 0 Å². The standard InChI is InChI=1S/C73H56N6/c1-71(2)63-40-47(14-16-49-22-34-59-61-36-30-55(44-67(61)72(3,4)65(59)42-49)78(69-12-8-10-38-76-69)53-26-18-51(46-74)19-27-53)20-32-57(63)58-33-21-48(41-64(58)71)15-17-50-23-35-60-62-37-31-56(45-68(62)73(5,6)66(60)43-50)79(70-13-9-11-39-77-70)54-28-24-52(75-7)25-29-54/h8-45H,1-6H3. The Labute approximate surface area is 463 Å². The Balaban J connectivity index is 0.728. The molecule has 10 aromatic rings. The van der Waals surface area contributed by atoms with Crippen molar-refractivity contribution in [3.05, 3.63) is 279 Å². The minimum atomic E-state index is -0.237. The Morgan fingerprint density at radius 1 is 0.392 bits per heavy atom. The summed E-state index contributed by atoms with van der Waals surface area (Å²) in [5.74, 6) is 1.64. The van der Waals surface area contributed by atoms with E-state index >= 15 is 0 Å². The van der Waals surface area contributed by atoms with Gasteiger partial charge in [0.05, 0.1) is 18.2 Å². The maximum atomic E-state index is 9.50. The van der Waals surface area contributed by atoms with Crippen LogP contribution in [0.3, 0.4) is 0 Å². The van der Waals surface area contributed by atoms with Gasteiger partial charge in [0.25, 0.3) is 0 Å². The third-order valence-corrected chi connectivity index (χ3v) is 16.8. The van der Waals surface area contributed by atoms with E-state index in [1.807, 2.05) is 97.3 Å². The number of benzene rings is 8. The van der Waals surface area contributed by atoms with Crippen LogP contribution in [0, 0.1) is 17.9 Å². The minimum Gasteiger partial charge on any atom is -0.295 e. The van der Waals surface area contributed by atoms with Crippen LogP contribution in [0.15, 0.2) is 207 Å². The van der Waals surface area contributed by atoms with Gasteiger partial charge in [-0.25, -0.2) is 14.8 Å². The van der Waals surface area contributed by atoms with Crippen molar-refractivity contribution >= 4 is 64.4 Å². The van der Waals surface area contributed by atoms with Gasteiger partial charge in [0.1, 0.15) is 11.6 Å². The molecular weight excluding hydrogens is 961 g/mol. The van der Waals surface area contributed by atoms with Crippen molar-refractivity contribution in [1.29, 1.82) is 5.26 Å². The van der Waals surface area contributed by atoms with E-state index in [4.69, 9.17) is 16.5 Å². The molecule has 6 heteroatoms. The maximum absolute atomic E-state index is 9.50. The Kier molecular flexibility index (Phi) is 11.5. The van der Waals surface area contributed by atoms with Gasteiger partial charge in [0, 0.05) is 51.4 Å². The second-order valence-corrected chi connectivity index (χ2v) is 22.6.